The smallest absolute Gasteiger partial charge is 0.247 e. The van der Waals surface area contributed by atoms with Crippen LogP contribution in [0.3, 0.4) is 0 Å². The van der Waals surface area contributed by atoms with Crippen molar-refractivity contribution in [2.45, 2.75) is 19.6 Å². The van der Waals surface area contributed by atoms with Crippen molar-refractivity contribution in [3.8, 4) is 0 Å². The van der Waals surface area contributed by atoms with E-state index >= 15 is 0 Å². The summed E-state index contributed by atoms with van der Waals surface area (Å²) in [5.41, 5.74) is 7.22. The molecular weight excluding hydrogens is 192 g/mol. The molecule has 1 amide bonds. The first kappa shape index (κ1) is 11.7. The lowest BCUT2D eigenvalue weighted by atomic mass is 10.1. The first-order valence-electron chi connectivity index (χ1n) is 4.83. The summed E-state index contributed by atoms with van der Waals surface area (Å²) >= 11 is 0. The van der Waals surface area contributed by atoms with Crippen molar-refractivity contribution in [3.05, 3.63) is 35.4 Å². The molecule has 15 heavy (non-hydrogen) atoms. The van der Waals surface area contributed by atoms with E-state index in [9.17, 15) is 4.79 Å². The Hall–Kier alpha value is -1.39. The third-order valence-electron chi connectivity index (χ3n) is 2.12. The van der Waals surface area contributed by atoms with Crippen molar-refractivity contribution < 1.29 is 9.90 Å². The molecular formula is C11H16N2O2. The SMILES string of the molecule is Cc1ccc(CNCC(O)C(N)=O)cc1. The second kappa shape index (κ2) is 5.48. The highest BCUT2D eigenvalue weighted by atomic mass is 16.3. The summed E-state index contributed by atoms with van der Waals surface area (Å²) in [6, 6.07) is 8.03. The second-order valence-corrected chi connectivity index (χ2v) is 3.53. The Morgan fingerprint density at radius 3 is 2.60 bits per heavy atom. The van der Waals surface area contributed by atoms with Crippen LogP contribution in [0.15, 0.2) is 24.3 Å². The number of nitrogens with two attached hydrogens (primary N) is 1. The maximum absolute atomic E-state index is 10.5. The molecule has 0 aliphatic heterocycles. The van der Waals surface area contributed by atoms with Gasteiger partial charge >= 0.3 is 0 Å². The lowest BCUT2D eigenvalue weighted by Crippen LogP contribution is -2.37. The van der Waals surface area contributed by atoms with Gasteiger partial charge in [-0.15, -0.1) is 0 Å². The van der Waals surface area contributed by atoms with Crippen LogP contribution in [0.5, 0.6) is 0 Å². The van der Waals surface area contributed by atoms with E-state index < -0.39 is 12.0 Å². The Morgan fingerprint density at radius 1 is 1.47 bits per heavy atom. The minimum atomic E-state index is -1.12. The number of benzene rings is 1. The maximum Gasteiger partial charge on any atom is 0.247 e. The summed E-state index contributed by atoms with van der Waals surface area (Å²) in [6.45, 7) is 2.82. The summed E-state index contributed by atoms with van der Waals surface area (Å²) in [5.74, 6) is -0.702. The van der Waals surface area contributed by atoms with Crippen molar-refractivity contribution >= 4 is 5.91 Å². The van der Waals surface area contributed by atoms with Crippen molar-refractivity contribution in [2.24, 2.45) is 5.73 Å². The lowest BCUT2D eigenvalue weighted by molar-refractivity contribution is -0.125. The summed E-state index contributed by atoms with van der Waals surface area (Å²) in [4.78, 5) is 10.5. The van der Waals surface area contributed by atoms with E-state index in [1.165, 1.54) is 5.56 Å². The molecule has 82 valence electrons. The molecule has 1 aromatic rings. The van der Waals surface area contributed by atoms with E-state index in [1.54, 1.807) is 0 Å². The number of hydrogen-bond acceptors (Lipinski definition) is 3. The minimum Gasteiger partial charge on any atom is -0.382 e. The molecule has 0 radical (unpaired) electrons. The predicted octanol–water partition coefficient (Wildman–Crippen LogP) is -0.0692. The van der Waals surface area contributed by atoms with E-state index in [1.807, 2.05) is 31.2 Å². The van der Waals surface area contributed by atoms with Gasteiger partial charge < -0.3 is 16.2 Å². The van der Waals surface area contributed by atoms with Crippen LogP contribution >= 0.6 is 0 Å². The number of hydrogen-bond donors (Lipinski definition) is 3. The van der Waals surface area contributed by atoms with E-state index in [4.69, 9.17) is 10.8 Å². The predicted molar refractivity (Wildman–Crippen MR) is 58.1 cm³/mol. The van der Waals surface area contributed by atoms with Gasteiger partial charge in [-0.1, -0.05) is 29.8 Å². The molecule has 0 aromatic heterocycles. The molecule has 0 saturated carbocycles. The zero-order valence-electron chi connectivity index (χ0n) is 8.73. The fourth-order valence-electron chi connectivity index (χ4n) is 1.16. The number of carbonyl (C=O) groups is 1. The molecule has 0 aliphatic carbocycles. The second-order valence-electron chi connectivity index (χ2n) is 3.53. The van der Waals surface area contributed by atoms with Gasteiger partial charge in [0.15, 0.2) is 0 Å². The first-order valence-corrected chi connectivity index (χ1v) is 4.83. The van der Waals surface area contributed by atoms with Crippen LogP contribution in [0.2, 0.25) is 0 Å². The van der Waals surface area contributed by atoms with Crippen LogP contribution < -0.4 is 11.1 Å². The molecule has 1 rings (SSSR count). The van der Waals surface area contributed by atoms with E-state index in [2.05, 4.69) is 5.32 Å². The van der Waals surface area contributed by atoms with Crippen molar-refractivity contribution in [1.82, 2.24) is 5.32 Å². The third-order valence-corrected chi connectivity index (χ3v) is 2.12. The summed E-state index contributed by atoms with van der Waals surface area (Å²) < 4.78 is 0. The van der Waals surface area contributed by atoms with Crippen LogP contribution in [0, 0.1) is 6.92 Å². The number of nitrogens with one attached hydrogen (secondary N) is 1. The fourth-order valence-corrected chi connectivity index (χ4v) is 1.16. The quantitative estimate of drug-likeness (QED) is 0.634. The largest absolute Gasteiger partial charge is 0.382 e. The number of aryl methyl sites for hydroxylation is 1. The van der Waals surface area contributed by atoms with Gasteiger partial charge in [0.05, 0.1) is 0 Å². The Labute approximate surface area is 89.1 Å². The summed E-state index contributed by atoms with van der Waals surface area (Å²) in [6.07, 6.45) is -1.12. The Balaban J connectivity index is 2.32. The van der Waals surface area contributed by atoms with Gasteiger partial charge in [-0.2, -0.15) is 0 Å². The van der Waals surface area contributed by atoms with Gasteiger partial charge in [-0.25, -0.2) is 0 Å². The molecule has 0 fully saturated rings. The first-order chi connectivity index (χ1) is 7.09. The van der Waals surface area contributed by atoms with Crippen LogP contribution in [0.4, 0.5) is 0 Å². The van der Waals surface area contributed by atoms with E-state index in [-0.39, 0.29) is 6.54 Å². The molecule has 1 atom stereocenters. The van der Waals surface area contributed by atoms with E-state index in [0.717, 1.165) is 5.56 Å². The molecule has 0 aliphatic rings. The number of aliphatic hydroxyl groups excluding tert-OH is 1. The number of carbonyl (C=O) groups excluding carboxylic acids is 1. The zero-order chi connectivity index (χ0) is 11.3. The molecule has 4 nitrogen and oxygen atoms in total. The van der Waals surface area contributed by atoms with Gasteiger partial charge in [-0.05, 0) is 12.5 Å². The average Bonchev–Trinajstić information content (AvgIpc) is 2.20. The van der Waals surface area contributed by atoms with E-state index in [0.29, 0.717) is 6.54 Å². The number of rotatable bonds is 5. The number of primary amides is 1. The Bertz CT molecular complexity index is 322. The molecule has 0 heterocycles. The highest BCUT2D eigenvalue weighted by molar-refractivity contribution is 5.78. The lowest BCUT2D eigenvalue weighted by Gasteiger charge is -2.08. The van der Waals surface area contributed by atoms with Crippen LogP contribution in [0.1, 0.15) is 11.1 Å². The Kier molecular flexibility index (Phi) is 4.27. The standard InChI is InChI=1S/C11H16N2O2/c1-8-2-4-9(5-3-8)6-13-7-10(14)11(12)15/h2-5,10,13-14H,6-7H2,1H3,(H2,12,15). The fraction of sp³-hybridized carbons (Fsp3) is 0.364. The summed E-state index contributed by atoms with van der Waals surface area (Å²) in [5, 5.41) is 12.1. The molecule has 1 aromatic carbocycles. The molecule has 1 unspecified atom stereocenters. The van der Waals surface area contributed by atoms with Gasteiger partial charge in [0.2, 0.25) is 5.91 Å². The van der Waals surface area contributed by atoms with Gasteiger partial charge in [0, 0.05) is 13.1 Å². The Morgan fingerprint density at radius 2 is 2.07 bits per heavy atom. The van der Waals surface area contributed by atoms with Crippen molar-refractivity contribution in [2.75, 3.05) is 6.54 Å². The maximum atomic E-state index is 10.5. The van der Waals surface area contributed by atoms with Crippen molar-refractivity contribution in [1.29, 1.82) is 0 Å². The molecule has 0 bridgehead atoms. The van der Waals surface area contributed by atoms with Crippen LogP contribution in [-0.4, -0.2) is 23.7 Å². The minimum absolute atomic E-state index is 0.184. The van der Waals surface area contributed by atoms with Gasteiger partial charge in [0.1, 0.15) is 6.10 Å². The van der Waals surface area contributed by atoms with Crippen LogP contribution in [0.25, 0.3) is 0 Å². The monoisotopic (exact) mass is 208 g/mol. The zero-order valence-corrected chi connectivity index (χ0v) is 8.73. The van der Waals surface area contributed by atoms with Gasteiger partial charge in [-0.3, -0.25) is 4.79 Å². The molecule has 4 N–H and O–H groups in total. The van der Waals surface area contributed by atoms with Crippen LogP contribution in [-0.2, 0) is 11.3 Å². The highest BCUT2D eigenvalue weighted by Gasteiger charge is 2.08. The topological polar surface area (TPSA) is 75.3 Å². The molecule has 4 heteroatoms. The number of amides is 1. The molecule has 0 saturated heterocycles. The average molecular weight is 208 g/mol. The van der Waals surface area contributed by atoms with Gasteiger partial charge in [0.25, 0.3) is 0 Å². The molecule has 0 spiro atoms. The van der Waals surface area contributed by atoms with Crippen molar-refractivity contribution in [3.63, 3.8) is 0 Å². The summed E-state index contributed by atoms with van der Waals surface area (Å²) in [7, 11) is 0. The number of aliphatic hydroxyl groups is 1. The normalized spacial score (nSPS) is 12.4. The highest BCUT2D eigenvalue weighted by Crippen LogP contribution is 2.02. The third kappa shape index (κ3) is 4.10.